The fourth-order valence-corrected chi connectivity index (χ4v) is 4.73. The van der Waals surface area contributed by atoms with Gasteiger partial charge in [0.25, 0.3) is 5.91 Å². The molecule has 1 atom stereocenters. The van der Waals surface area contributed by atoms with E-state index < -0.39 is 18.0 Å². The first-order valence-electron chi connectivity index (χ1n) is 12.3. The molecule has 0 saturated carbocycles. The maximum absolute atomic E-state index is 12.9. The third kappa shape index (κ3) is 6.24. The lowest BCUT2D eigenvalue weighted by Crippen LogP contribution is -2.52. The molecular formula is C26H30ClN5O6. The highest BCUT2D eigenvalue weighted by Gasteiger charge is 2.40. The summed E-state index contributed by atoms with van der Waals surface area (Å²) in [5.74, 6) is -1.39. The molecule has 2 heterocycles. The van der Waals surface area contributed by atoms with Gasteiger partial charge in [-0.3, -0.25) is 19.7 Å². The van der Waals surface area contributed by atoms with Gasteiger partial charge in [0.05, 0.1) is 19.8 Å². The Labute approximate surface area is 224 Å². The van der Waals surface area contributed by atoms with Crippen LogP contribution in [0.25, 0.3) is 0 Å². The van der Waals surface area contributed by atoms with Crippen molar-refractivity contribution in [1.29, 1.82) is 0 Å². The number of nitrogens with one attached hydrogen (secondary N) is 4. The Morgan fingerprint density at radius 1 is 1.18 bits per heavy atom. The molecule has 1 saturated heterocycles. The van der Waals surface area contributed by atoms with Crippen LogP contribution in [0.1, 0.15) is 39.9 Å². The van der Waals surface area contributed by atoms with Gasteiger partial charge in [0.2, 0.25) is 11.8 Å². The lowest BCUT2D eigenvalue weighted by molar-refractivity contribution is -0.136. The molecule has 12 heteroatoms. The molecule has 2 aliphatic heterocycles. The highest BCUT2D eigenvalue weighted by Crippen LogP contribution is 2.35. The fraction of sp³-hybridized carbons (Fsp3) is 0.385. The van der Waals surface area contributed by atoms with E-state index in [4.69, 9.17) is 16.3 Å². The number of phenolic OH excluding ortho intramolecular Hbond substituents is 1. The van der Waals surface area contributed by atoms with Crippen LogP contribution in [0.15, 0.2) is 30.3 Å². The Balaban J connectivity index is 1.32. The molecule has 11 nitrogen and oxygen atoms in total. The number of ether oxygens (including phenoxy) is 1. The van der Waals surface area contributed by atoms with E-state index in [1.807, 2.05) is 13.1 Å². The average molecular weight is 544 g/mol. The van der Waals surface area contributed by atoms with Crippen molar-refractivity contribution < 1.29 is 29.0 Å². The number of anilines is 1. The first kappa shape index (κ1) is 27.4. The number of likely N-dealkylation sites (N-methyl/N-ethyl adjacent to an activating group) is 1. The topological polar surface area (TPSA) is 149 Å². The number of carbonyl (C=O) groups is 4. The van der Waals surface area contributed by atoms with Crippen molar-refractivity contribution in [2.45, 2.75) is 38.4 Å². The molecule has 202 valence electrons. The molecule has 0 radical (unpaired) electrons. The summed E-state index contributed by atoms with van der Waals surface area (Å²) in [6.45, 7) is 1.97. The largest absolute Gasteiger partial charge is 0.507 e. The maximum atomic E-state index is 12.9. The summed E-state index contributed by atoms with van der Waals surface area (Å²) >= 11 is 6.35. The third-order valence-corrected chi connectivity index (χ3v) is 6.89. The Morgan fingerprint density at radius 2 is 1.97 bits per heavy atom. The zero-order valence-electron chi connectivity index (χ0n) is 20.9. The number of phenols is 1. The van der Waals surface area contributed by atoms with Crippen LogP contribution >= 0.6 is 11.6 Å². The molecule has 0 aliphatic carbocycles. The summed E-state index contributed by atoms with van der Waals surface area (Å²) in [6.07, 6.45) is 1.03. The van der Waals surface area contributed by atoms with Crippen molar-refractivity contribution in [1.82, 2.24) is 20.9 Å². The second-order valence-corrected chi connectivity index (χ2v) is 9.49. The standard InChI is InChI=1S/C26H30ClN5O6/c1-28-9-11-38-10-8-15-2-4-17(12-20(15)27)30-26(37)29-13-16-3-5-18-19(23(16)34)14-32(25(18)36)21-6-7-22(33)31-24(21)35/h2-5,12,21,28,34H,6-11,13-14H2,1H3,(H2,29,30,37)(H,31,33,35). The Morgan fingerprint density at radius 3 is 2.71 bits per heavy atom. The monoisotopic (exact) mass is 543 g/mol. The minimum Gasteiger partial charge on any atom is -0.507 e. The minimum absolute atomic E-state index is 0.00727. The lowest BCUT2D eigenvalue weighted by Gasteiger charge is -2.29. The zero-order chi connectivity index (χ0) is 27.2. The lowest BCUT2D eigenvalue weighted by atomic mass is 10.0. The third-order valence-electron chi connectivity index (χ3n) is 6.53. The Kier molecular flexibility index (Phi) is 8.82. The van der Waals surface area contributed by atoms with E-state index in [1.165, 1.54) is 4.90 Å². The first-order chi connectivity index (χ1) is 18.3. The van der Waals surface area contributed by atoms with Crippen molar-refractivity contribution in [2.75, 3.05) is 32.1 Å². The van der Waals surface area contributed by atoms with E-state index in [9.17, 15) is 24.3 Å². The van der Waals surface area contributed by atoms with Crippen LogP contribution in [-0.4, -0.2) is 66.6 Å². The van der Waals surface area contributed by atoms with E-state index in [-0.39, 0.29) is 43.5 Å². The van der Waals surface area contributed by atoms with Gasteiger partial charge in [0, 0.05) is 46.9 Å². The van der Waals surface area contributed by atoms with E-state index in [1.54, 1.807) is 24.3 Å². The predicted octanol–water partition coefficient (Wildman–Crippen LogP) is 1.91. The number of imide groups is 1. The number of amides is 5. The molecule has 5 amide bonds. The molecule has 1 fully saturated rings. The van der Waals surface area contributed by atoms with Gasteiger partial charge < -0.3 is 30.7 Å². The molecule has 4 rings (SSSR count). The van der Waals surface area contributed by atoms with Gasteiger partial charge in [0.15, 0.2) is 0 Å². The second-order valence-electron chi connectivity index (χ2n) is 9.08. The summed E-state index contributed by atoms with van der Waals surface area (Å²) in [7, 11) is 1.86. The zero-order valence-corrected chi connectivity index (χ0v) is 21.7. The summed E-state index contributed by atoms with van der Waals surface area (Å²) < 4.78 is 5.52. The average Bonchev–Trinajstić information content (AvgIpc) is 3.21. The molecule has 1 unspecified atom stereocenters. The number of aromatic hydroxyl groups is 1. The number of halogens is 1. The van der Waals surface area contributed by atoms with Gasteiger partial charge in [-0.15, -0.1) is 0 Å². The number of nitrogens with zero attached hydrogens (tertiary/aromatic N) is 1. The number of hydrogen-bond donors (Lipinski definition) is 5. The van der Waals surface area contributed by atoms with Crippen LogP contribution < -0.4 is 21.3 Å². The fourth-order valence-electron chi connectivity index (χ4n) is 4.45. The van der Waals surface area contributed by atoms with Crippen molar-refractivity contribution in [3.8, 4) is 5.75 Å². The van der Waals surface area contributed by atoms with Crippen LogP contribution in [0.2, 0.25) is 5.02 Å². The predicted molar refractivity (Wildman–Crippen MR) is 140 cm³/mol. The minimum atomic E-state index is -0.775. The highest BCUT2D eigenvalue weighted by atomic mass is 35.5. The summed E-state index contributed by atoms with van der Waals surface area (Å²) in [6, 6.07) is 7.09. The molecule has 38 heavy (non-hydrogen) atoms. The number of benzene rings is 2. The second kappa shape index (κ2) is 12.2. The molecule has 0 bridgehead atoms. The van der Waals surface area contributed by atoms with Crippen molar-refractivity contribution >= 4 is 41.0 Å². The molecular weight excluding hydrogens is 514 g/mol. The van der Waals surface area contributed by atoms with Gasteiger partial charge in [-0.1, -0.05) is 23.7 Å². The quantitative estimate of drug-likeness (QED) is 0.227. The van der Waals surface area contributed by atoms with E-state index in [2.05, 4.69) is 21.3 Å². The van der Waals surface area contributed by atoms with E-state index in [0.717, 1.165) is 12.1 Å². The number of carbonyl (C=O) groups excluding carboxylic acids is 4. The normalized spacial score (nSPS) is 16.8. The number of piperidine rings is 1. The SMILES string of the molecule is CNCCOCCc1ccc(NC(=O)NCc2ccc3c(c2O)CN(C2CCC(=O)NC2=O)C3=O)cc1Cl. The Hall–Kier alpha value is -3.67. The van der Waals surface area contributed by atoms with Crippen LogP contribution in [0.5, 0.6) is 5.75 Å². The van der Waals surface area contributed by atoms with Gasteiger partial charge in [-0.25, -0.2) is 4.79 Å². The molecule has 0 aromatic heterocycles. The van der Waals surface area contributed by atoms with Crippen LogP contribution in [0, 0.1) is 0 Å². The Bertz CT molecular complexity index is 1250. The van der Waals surface area contributed by atoms with Crippen LogP contribution in [0.4, 0.5) is 10.5 Å². The van der Waals surface area contributed by atoms with Gasteiger partial charge in [-0.05, 0) is 43.7 Å². The maximum Gasteiger partial charge on any atom is 0.319 e. The van der Waals surface area contributed by atoms with E-state index in [0.29, 0.717) is 47.0 Å². The first-order valence-corrected chi connectivity index (χ1v) is 12.7. The number of fused-ring (bicyclic) bond motifs is 1. The number of hydrogen-bond acceptors (Lipinski definition) is 7. The van der Waals surface area contributed by atoms with Gasteiger partial charge in [0.1, 0.15) is 11.8 Å². The molecule has 2 aromatic rings. The summed E-state index contributed by atoms with van der Waals surface area (Å²) in [5.41, 5.74) is 2.52. The highest BCUT2D eigenvalue weighted by molar-refractivity contribution is 6.31. The summed E-state index contributed by atoms with van der Waals surface area (Å²) in [4.78, 5) is 50.4. The molecule has 2 aromatic carbocycles. The summed E-state index contributed by atoms with van der Waals surface area (Å²) in [5, 5.41) is 22.0. The molecule has 0 spiro atoms. The number of urea groups is 1. The van der Waals surface area contributed by atoms with Crippen LogP contribution in [0.3, 0.4) is 0 Å². The van der Waals surface area contributed by atoms with Crippen LogP contribution in [-0.2, 0) is 33.8 Å². The molecule has 2 aliphatic rings. The van der Waals surface area contributed by atoms with E-state index >= 15 is 0 Å². The van der Waals surface area contributed by atoms with Crippen molar-refractivity contribution in [3.05, 3.63) is 57.6 Å². The number of rotatable bonds is 10. The van der Waals surface area contributed by atoms with Gasteiger partial charge >= 0.3 is 6.03 Å². The molecule has 5 N–H and O–H groups in total. The van der Waals surface area contributed by atoms with Crippen molar-refractivity contribution in [3.63, 3.8) is 0 Å². The van der Waals surface area contributed by atoms with Gasteiger partial charge in [-0.2, -0.15) is 0 Å². The van der Waals surface area contributed by atoms with Crippen molar-refractivity contribution in [2.24, 2.45) is 0 Å². The smallest absolute Gasteiger partial charge is 0.319 e.